The first-order chi connectivity index (χ1) is 4.63. The van der Waals surface area contributed by atoms with Crippen LogP contribution in [0.25, 0.3) is 0 Å². The molecular weight excluding hydrogens is 134 g/mol. The number of carboxylic acid groups (broad SMARTS) is 1. The number of rotatable bonds is 1. The second-order valence-electron chi connectivity index (χ2n) is 2.02. The van der Waals surface area contributed by atoms with Gasteiger partial charge in [0.25, 0.3) is 0 Å². The number of hydrogen-bond donors (Lipinski definition) is 1. The van der Waals surface area contributed by atoms with Crippen molar-refractivity contribution in [1.82, 2.24) is 5.16 Å². The number of aromatic nitrogens is 1. The topological polar surface area (TPSA) is 63.3 Å². The Kier molecular flexibility index (Phi) is 1.45. The molecule has 0 aliphatic rings. The van der Waals surface area contributed by atoms with Crippen LogP contribution in [0.3, 0.4) is 0 Å². The molecular formula is C6H7NO3. The van der Waals surface area contributed by atoms with E-state index in [0.29, 0.717) is 11.3 Å². The molecule has 4 heteroatoms. The van der Waals surface area contributed by atoms with Gasteiger partial charge in [-0.15, -0.1) is 0 Å². The van der Waals surface area contributed by atoms with E-state index >= 15 is 0 Å². The molecule has 0 bridgehead atoms. The molecule has 0 atom stereocenters. The lowest BCUT2D eigenvalue weighted by atomic mass is 10.2. The molecule has 1 N–H and O–H groups in total. The van der Waals surface area contributed by atoms with E-state index in [4.69, 9.17) is 5.11 Å². The van der Waals surface area contributed by atoms with Crippen molar-refractivity contribution in [3.8, 4) is 0 Å². The summed E-state index contributed by atoms with van der Waals surface area (Å²) in [6, 6.07) is 0. The number of aromatic carboxylic acids is 1. The van der Waals surface area contributed by atoms with Gasteiger partial charge in [0.2, 0.25) is 0 Å². The maximum atomic E-state index is 10.3. The van der Waals surface area contributed by atoms with E-state index in [9.17, 15) is 4.79 Å². The molecule has 10 heavy (non-hydrogen) atoms. The molecule has 0 aliphatic carbocycles. The molecule has 0 fully saturated rings. The number of carboxylic acids is 1. The van der Waals surface area contributed by atoms with Gasteiger partial charge in [-0.25, -0.2) is 4.79 Å². The summed E-state index contributed by atoms with van der Waals surface area (Å²) in [7, 11) is 0. The Labute approximate surface area is 57.4 Å². The Bertz CT molecular complexity index is 264. The minimum absolute atomic E-state index is 0.00231. The van der Waals surface area contributed by atoms with Gasteiger partial charge in [-0.1, -0.05) is 5.16 Å². The fourth-order valence-corrected chi connectivity index (χ4v) is 0.617. The van der Waals surface area contributed by atoms with Crippen LogP contribution in [0.1, 0.15) is 21.8 Å². The average Bonchev–Trinajstić information content (AvgIpc) is 2.14. The van der Waals surface area contributed by atoms with Crippen LogP contribution in [0.5, 0.6) is 0 Å². The van der Waals surface area contributed by atoms with Gasteiger partial charge in [0.05, 0.1) is 0 Å². The molecule has 0 radical (unpaired) electrons. The van der Waals surface area contributed by atoms with Crippen molar-refractivity contribution in [2.45, 2.75) is 13.8 Å². The fourth-order valence-electron chi connectivity index (χ4n) is 0.617. The Hall–Kier alpha value is -1.32. The third-order valence-corrected chi connectivity index (χ3v) is 1.36. The molecule has 0 saturated carbocycles. The fraction of sp³-hybridized carbons (Fsp3) is 0.333. The van der Waals surface area contributed by atoms with E-state index < -0.39 is 5.97 Å². The van der Waals surface area contributed by atoms with Crippen molar-refractivity contribution >= 4 is 5.97 Å². The van der Waals surface area contributed by atoms with Gasteiger partial charge in [0, 0.05) is 5.56 Å². The first-order valence-electron chi connectivity index (χ1n) is 2.79. The number of aryl methyl sites for hydroxylation is 1. The number of nitrogens with zero attached hydrogens (tertiary/aromatic N) is 1. The second-order valence-corrected chi connectivity index (χ2v) is 2.02. The molecule has 0 aromatic carbocycles. The molecule has 1 heterocycles. The van der Waals surface area contributed by atoms with Gasteiger partial charge >= 0.3 is 5.97 Å². The molecule has 0 saturated heterocycles. The highest BCUT2D eigenvalue weighted by molar-refractivity contribution is 5.86. The van der Waals surface area contributed by atoms with Crippen molar-refractivity contribution in [3.05, 3.63) is 17.0 Å². The Morgan fingerprint density at radius 2 is 2.20 bits per heavy atom. The molecule has 54 valence electrons. The van der Waals surface area contributed by atoms with Gasteiger partial charge in [0.15, 0.2) is 5.69 Å². The maximum absolute atomic E-state index is 10.3. The van der Waals surface area contributed by atoms with Crippen LogP contribution in [0.2, 0.25) is 0 Å². The van der Waals surface area contributed by atoms with E-state index in [1.165, 1.54) is 0 Å². The van der Waals surface area contributed by atoms with Gasteiger partial charge in [-0.05, 0) is 13.8 Å². The summed E-state index contributed by atoms with van der Waals surface area (Å²) >= 11 is 0. The quantitative estimate of drug-likeness (QED) is 0.633. The third-order valence-electron chi connectivity index (χ3n) is 1.36. The lowest BCUT2D eigenvalue weighted by molar-refractivity contribution is 0.0685. The normalized spacial score (nSPS) is 9.80. The van der Waals surface area contributed by atoms with Crippen LogP contribution in [-0.4, -0.2) is 16.2 Å². The van der Waals surface area contributed by atoms with Gasteiger partial charge in [-0.3, -0.25) is 0 Å². The predicted molar refractivity (Wildman–Crippen MR) is 32.9 cm³/mol. The predicted octanol–water partition coefficient (Wildman–Crippen LogP) is 0.990. The van der Waals surface area contributed by atoms with E-state index in [1.807, 2.05) is 0 Å². The maximum Gasteiger partial charge on any atom is 0.358 e. The second kappa shape index (κ2) is 2.13. The van der Waals surface area contributed by atoms with Crippen molar-refractivity contribution in [3.63, 3.8) is 0 Å². The Morgan fingerprint density at radius 1 is 1.60 bits per heavy atom. The number of carbonyl (C=O) groups is 1. The molecule has 1 aromatic rings. The van der Waals surface area contributed by atoms with Crippen LogP contribution < -0.4 is 0 Å². The summed E-state index contributed by atoms with van der Waals surface area (Å²) in [6.45, 7) is 3.34. The largest absolute Gasteiger partial charge is 0.476 e. The van der Waals surface area contributed by atoms with E-state index in [2.05, 4.69) is 9.68 Å². The summed E-state index contributed by atoms with van der Waals surface area (Å²) in [4.78, 5) is 10.3. The highest BCUT2D eigenvalue weighted by Crippen LogP contribution is 2.10. The monoisotopic (exact) mass is 141 g/mol. The lowest BCUT2D eigenvalue weighted by Crippen LogP contribution is -1.98. The first kappa shape index (κ1) is 6.80. The van der Waals surface area contributed by atoms with Crippen molar-refractivity contribution < 1.29 is 14.4 Å². The summed E-state index contributed by atoms with van der Waals surface area (Å²) in [5.41, 5.74) is 0.588. The highest BCUT2D eigenvalue weighted by Gasteiger charge is 2.13. The minimum atomic E-state index is -1.05. The zero-order chi connectivity index (χ0) is 7.72. The Balaban J connectivity index is 3.17. The summed E-state index contributed by atoms with van der Waals surface area (Å²) in [5, 5.41) is 11.8. The summed E-state index contributed by atoms with van der Waals surface area (Å²) in [5.74, 6) is -0.494. The van der Waals surface area contributed by atoms with Gasteiger partial charge in [-0.2, -0.15) is 0 Å². The first-order valence-corrected chi connectivity index (χ1v) is 2.79. The molecule has 0 aliphatic heterocycles. The highest BCUT2D eigenvalue weighted by atomic mass is 16.5. The van der Waals surface area contributed by atoms with Crippen LogP contribution >= 0.6 is 0 Å². The zero-order valence-electron chi connectivity index (χ0n) is 5.71. The van der Waals surface area contributed by atoms with Gasteiger partial charge in [0.1, 0.15) is 5.76 Å². The van der Waals surface area contributed by atoms with Crippen molar-refractivity contribution in [2.75, 3.05) is 0 Å². The molecule has 0 spiro atoms. The SMILES string of the molecule is Cc1onc(C(=O)O)c1C. The van der Waals surface area contributed by atoms with E-state index in [0.717, 1.165) is 0 Å². The van der Waals surface area contributed by atoms with Crippen LogP contribution in [0, 0.1) is 13.8 Å². The average molecular weight is 141 g/mol. The Morgan fingerprint density at radius 3 is 2.40 bits per heavy atom. The van der Waals surface area contributed by atoms with Crippen LogP contribution in [0.4, 0.5) is 0 Å². The molecule has 4 nitrogen and oxygen atoms in total. The minimum Gasteiger partial charge on any atom is -0.476 e. The van der Waals surface area contributed by atoms with Crippen LogP contribution in [0.15, 0.2) is 4.52 Å². The van der Waals surface area contributed by atoms with Crippen LogP contribution in [-0.2, 0) is 0 Å². The smallest absolute Gasteiger partial charge is 0.358 e. The summed E-state index contributed by atoms with van der Waals surface area (Å²) in [6.07, 6.45) is 0. The molecule has 1 rings (SSSR count). The van der Waals surface area contributed by atoms with Crippen molar-refractivity contribution in [1.29, 1.82) is 0 Å². The molecule has 0 amide bonds. The zero-order valence-corrected chi connectivity index (χ0v) is 5.71. The standard InChI is InChI=1S/C6H7NO3/c1-3-4(2)10-7-5(3)6(8)9/h1-2H3,(H,8,9). The lowest BCUT2D eigenvalue weighted by Gasteiger charge is -1.84. The summed E-state index contributed by atoms with van der Waals surface area (Å²) < 4.78 is 4.63. The van der Waals surface area contributed by atoms with E-state index in [1.54, 1.807) is 13.8 Å². The third kappa shape index (κ3) is 0.877. The molecule has 1 aromatic heterocycles. The van der Waals surface area contributed by atoms with Gasteiger partial charge < -0.3 is 9.63 Å². The molecule has 0 unspecified atom stereocenters. The van der Waals surface area contributed by atoms with E-state index in [-0.39, 0.29) is 5.69 Å². The number of hydrogen-bond acceptors (Lipinski definition) is 3. The van der Waals surface area contributed by atoms with Crippen molar-refractivity contribution in [2.24, 2.45) is 0 Å².